The average molecular weight is 249 g/mol. The molecular formula is C14H20FN3. The highest BCUT2D eigenvalue weighted by molar-refractivity contribution is 5.78. The third-order valence-corrected chi connectivity index (χ3v) is 3.30. The van der Waals surface area contributed by atoms with Crippen molar-refractivity contribution < 1.29 is 4.39 Å². The molecule has 3 nitrogen and oxygen atoms in total. The molecule has 1 saturated carbocycles. The molecule has 1 aromatic carbocycles. The standard InChI is InChI=1S/C14H20FN3/c15-12-8-6-11(7-9-12)10-17-14(16)18-13-4-2-1-3-5-13/h6-9,13H,1-5,10H2,(H3,16,17,18). The van der Waals surface area contributed by atoms with E-state index in [0.29, 0.717) is 18.5 Å². The summed E-state index contributed by atoms with van der Waals surface area (Å²) in [5, 5.41) is 3.25. The second-order valence-electron chi connectivity index (χ2n) is 4.81. The van der Waals surface area contributed by atoms with Crippen molar-refractivity contribution in [1.29, 1.82) is 0 Å². The van der Waals surface area contributed by atoms with Gasteiger partial charge in [0, 0.05) is 6.04 Å². The van der Waals surface area contributed by atoms with Gasteiger partial charge in [0.05, 0.1) is 6.54 Å². The van der Waals surface area contributed by atoms with Gasteiger partial charge in [0.25, 0.3) is 0 Å². The Morgan fingerprint density at radius 2 is 1.89 bits per heavy atom. The first-order valence-corrected chi connectivity index (χ1v) is 6.55. The summed E-state index contributed by atoms with van der Waals surface area (Å²) in [4.78, 5) is 4.28. The number of rotatable bonds is 3. The first-order chi connectivity index (χ1) is 8.74. The molecular weight excluding hydrogens is 229 g/mol. The number of benzene rings is 1. The number of hydrogen-bond donors (Lipinski definition) is 2. The Hall–Kier alpha value is -1.58. The van der Waals surface area contributed by atoms with E-state index < -0.39 is 0 Å². The van der Waals surface area contributed by atoms with Gasteiger partial charge in [0.2, 0.25) is 0 Å². The van der Waals surface area contributed by atoms with Crippen LogP contribution in [0, 0.1) is 5.82 Å². The molecule has 0 aromatic heterocycles. The zero-order chi connectivity index (χ0) is 12.8. The monoisotopic (exact) mass is 249 g/mol. The normalized spacial score (nSPS) is 17.7. The molecule has 1 aliphatic carbocycles. The van der Waals surface area contributed by atoms with Gasteiger partial charge in [-0.3, -0.25) is 0 Å². The van der Waals surface area contributed by atoms with Crippen LogP contribution in [0.5, 0.6) is 0 Å². The predicted molar refractivity (Wildman–Crippen MR) is 71.7 cm³/mol. The smallest absolute Gasteiger partial charge is 0.189 e. The molecule has 18 heavy (non-hydrogen) atoms. The molecule has 0 heterocycles. The molecule has 2 rings (SSSR count). The lowest BCUT2D eigenvalue weighted by atomic mass is 9.96. The van der Waals surface area contributed by atoms with Gasteiger partial charge in [-0.15, -0.1) is 0 Å². The lowest BCUT2D eigenvalue weighted by molar-refractivity contribution is 0.412. The van der Waals surface area contributed by atoms with Crippen LogP contribution >= 0.6 is 0 Å². The second-order valence-corrected chi connectivity index (χ2v) is 4.81. The molecule has 0 amide bonds. The summed E-state index contributed by atoms with van der Waals surface area (Å²) >= 11 is 0. The third-order valence-electron chi connectivity index (χ3n) is 3.30. The van der Waals surface area contributed by atoms with Gasteiger partial charge in [-0.1, -0.05) is 31.4 Å². The van der Waals surface area contributed by atoms with E-state index in [1.807, 2.05) is 0 Å². The Morgan fingerprint density at radius 3 is 2.56 bits per heavy atom. The van der Waals surface area contributed by atoms with Crippen molar-refractivity contribution in [3.63, 3.8) is 0 Å². The van der Waals surface area contributed by atoms with Crippen LogP contribution in [0.4, 0.5) is 4.39 Å². The summed E-state index contributed by atoms with van der Waals surface area (Å²) in [6.45, 7) is 0.492. The molecule has 98 valence electrons. The Morgan fingerprint density at radius 1 is 1.22 bits per heavy atom. The molecule has 3 N–H and O–H groups in total. The Labute approximate surface area is 107 Å². The topological polar surface area (TPSA) is 50.4 Å². The molecule has 0 bridgehead atoms. The first-order valence-electron chi connectivity index (χ1n) is 6.55. The van der Waals surface area contributed by atoms with E-state index in [0.717, 1.165) is 5.56 Å². The average Bonchev–Trinajstić information content (AvgIpc) is 2.39. The van der Waals surface area contributed by atoms with Gasteiger partial charge >= 0.3 is 0 Å². The number of nitrogens with two attached hydrogens (primary N) is 1. The number of guanidine groups is 1. The van der Waals surface area contributed by atoms with Crippen LogP contribution < -0.4 is 11.1 Å². The zero-order valence-corrected chi connectivity index (χ0v) is 10.5. The van der Waals surface area contributed by atoms with Crippen LogP contribution in [0.15, 0.2) is 29.3 Å². The number of aliphatic imine (C=N–C) groups is 1. The van der Waals surface area contributed by atoms with E-state index in [1.54, 1.807) is 12.1 Å². The highest BCUT2D eigenvalue weighted by Gasteiger charge is 2.13. The fourth-order valence-electron chi connectivity index (χ4n) is 2.27. The number of halogens is 1. The Kier molecular flexibility index (Phi) is 4.56. The lowest BCUT2D eigenvalue weighted by Gasteiger charge is -2.23. The molecule has 0 radical (unpaired) electrons. The van der Waals surface area contributed by atoms with Gasteiger partial charge in [-0.05, 0) is 30.5 Å². The molecule has 1 aromatic rings. The van der Waals surface area contributed by atoms with Gasteiger partial charge < -0.3 is 11.1 Å². The van der Waals surface area contributed by atoms with E-state index in [2.05, 4.69) is 10.3 Å². The van der Waals surface area contributed by atoms with Crippen molar-refractivity contribution in [2.24, 2.45) is 10.7 Å². The van der Waals surface area contributed by atoms with Gasteiger partial charge in [-0.2, -0.15) is 0 Å². The lowest BCUT2D eigenvalue weighted by Crippen LogP contribution is -2.41. The van der Waals surface area contributed by atoms with Crippen LogP contribution in [-0.2, 0) is 6.54 Å². The Balaban J connectivity index is 1.82. The molecule has 1 fully saturated rings. The summed E-state index contributed by atoms with van der Waals surface area (Å²) in [5.41, 5.74) is 6.81. The van der Waals surface area contributed by atoms with Crippen molar-refractivity contribution in [1.82, 2.24) is 5.32 Å². The van der Waals surface area contributed by atoms with E-state index in [9.17, 15) is 4.39 Å². The number of nitrogens with one attached hydrogen (secondary N) is 1. The largest absolute Gasteiger partial charge is 0.370 e. The minimum atomic E-state index is -0.226. The summed E-state index contributed by atoms with van der Waals surface area (Å²) in [7, 11) is 0. The van der Waals surface area contributed by atoms with Gasteiger partial charge in [0.15, 0.2) is 5.96 Å². The maximum atomic E-state index is 12.7. The van der Waals surface area contributed by atoms with E-state index in [1.165, 1.54) is 44.2 Å². The zero-order valence-electron chi connectivity index (χ0n) is 10.5. The molecule has 0 aliphatic heterocycles. The summed E-state index contributed by atoms with van der Waals surface area (Å²) in [6, 6.07) is 6.81. The van der Waals surface area contributed by atoms with Crippen LogP contribution in [0.2, 0.25) is 0 Å². The number of nitrogens with zero attached hydrogens (tertiary/aromatic N) is 1. The van der Waals surface area contributed by atoms with Crippen molar-refractivity contribution in [2.75, 3.05) is 0 Å². The Bertz CT molecular complexity index is 394. The van der Waals surface area contributed by atoms with Crippen LogP contribution in [0.1, 0.15) is 37.7 Å². The third kappa shape index (κ3) is 4.02. The van der Waals surface area contributed by atoms with E-state index in [-0.39, 0.29) is 5.82 Å². The summed E-state index contributed by atoms with van der Waals surface area (Å²) < 4.78 is 12.7. The van der Waals surface area contributed by atoms with Crippen LogP contribution in [0.3, 0.4) is 0 Å². The summed E-state index contributed by atoms with van der Waals surface area (Å²) in [6.07, 6.45) is 6.20. The molecule has 0 atom stereocenters. The molecule has 0 saturated heterocycles. The quantitative estimate of drug-likeness (QED) is 0.639. The van der Waals surface area contributed by atoms with Gasteiger partial charge in [-0.25, -0.2) is 9.38 Å². The van der Waals surface area contributed by atoms with Crippen molar-refractivity contribution in [3.8, 4) is 0 Å². The van der Waals surface area contributed by atoms with Crippen molar-refractivity contribution in [3.05, 3.63) is 35.6 Å². The maximum absolute atomic E-state index is 12.7. The van der Waals surface area contributed by atoms with Gasteiger partial charge in [0.1, 0.15) is 5.82 Å². The van der Waals surface area contributed by atoms with Crippen molar-refractivity contribution >= 4 is 5.96 Å². The summed E-state index contributed by atoms with van der Waals surface area (Å²) in [5.74, 6) is 0.266. The fourth-order valence-corrected chi connectivity index (χ4v) is 2.27. The van der Waals surface area contributed by atoms with Crippen LogP contribution in [0.25, 0.3) is 0 Å². The minimum absolute atomic E-state index is 0.226. The second kappa shape index (κ2) is 6.38. The molecule has 0 unspecified atom stereocenters. The fraction of sp³-hybridized carbons (Fsp3) is 0.500. The predicted octanol–water partition coefficient (Wildman–Crippen LogP) is 2.56. The van der Waals surface area contributed by atoms with E-state index in [4.69, 9.17) is 5.73 Å². The number of hydrogen-bond acceptors (Lipinski definition) is 1. The molecule has 4 heteroatoms. The minimum Gasteiger partial charge on any atom is -0.370 e. The van der Waals surface area contributed by atoms with Crippen molar-refractivity contribution in [2.45, 2.75) is 44.7 Å². The molecule has 0 spiro atoms. The van der Waals surface area contributed by atoms with E-state index >= 15 is 0 Å². The maximum Gasteiger partial charge on any atom is 0.189 e. The highest BCUT2D eigenvalue weighted by atomic mass is 19.1. The SMILES string of the molecule is NC(=NCc1ccc(F)cc1)NC1CCCCC1. The highest BCUT2D eigenvalue weighted by Crippen LogP contribution is 2.17. The molecule has 1 aliphatic rings. The first kappa shape index (κ1) is 12.9. The van der Waals surface area contributed by atoms with Crippen LogP contribution in [-0.4, -0.2) is 12.0 Å².